The Bertz CT molecular complexity index is 615. The van der Waals surface area contributed by atoms with E-state index in [4.69, 9.17) is 4.74 Å². The van der Waals surface area contributed by atoms with Crippen LogP contribution in [0.5, 0.6) is 5.75 Å². The molecule has 2 aromatic carbocycles. The molecule has 20 heavy (non-hydrogen) atoms. The largest absolute Gasteiger partial charge is 0.496 e. The average molecular weight is 338 g/mol. The Morgan fingerprint density at radius 1 is 1.15 bits per heavy atom. The highest BCUT2D eigenvalue weighted by Crippen LogP contribution is 2.30. The topological polar surface area (TPSA) is 21.3 Å². The van der Waals surface area contributed by atoms with E-state index in [0.717, 1.165) is 21.3 Å². The van der Waals surface area contributed by atoms with E-state index in [1.807, 2.05) is 31.3 Å². The van der Waals surface area contributed by atoms with E-state index in [1.54, 1.807) is 26.2 Å². The van der Waals surface area contributed by atoms with Gasteiger partial charge in [-0.1, -0.05) is 18.2 Å². The van der Waals surface area contributed by atoms with E-state index in [-0.39, 0.29) is 11.9 Å². The number of methoxy groups -OCH3 is 1. The Morgan fingerprint density at radius 3 is 2.35 bits per heavy atom. The molecule has 0 radical (unpaired) electrons. The monoisotopic (exact) mass is 337 g/mol. The van der Waals surface area contributed by atoms with Gasteiger partial charge in [-0.05, 0) is 64.8 Å². The first kappa shape index (κ1) is 15.0. The number of nitrogens with one attached hydrogen (secondary N) is 1. The minimum Gasteiger partial charge on any atom is -0.496 e. The molecule has 0 aliphatic heterocycles. The molecule has 4 heteroatoms. The molecule has 0 saturated heterocycles. The predicted octanol–water partition coefficient (Wildman–Crippen LogP) is 4.21. The van der Waals surface area contributed by atoms with Crippen LogP contribution < -0.4 is 10.1 Å². The van der Waals surface area contributed by atoms with Gasteiger partial charge in [0.05, 0.1) is 17.6 Å². The van der Waals surface area contributed by atoms with E-state index < -0.39 is 0 Å². The highest BCUT2D eigenvalue weighted by Gasteiger charge is 2.15. The van der Waals surface area contributed by atoms with Crippen molar-refractivity contribution in [2.45, 2.75) is 13.0 Å². The lowest BCUT2D eigenvalue weighted by molar-refractivity contribution is 0.412. The fourth-order valence-corrected chi connectivity index (χ4v) is 2.74. The van der Waals surface area contributed by atoms with Crippen molar-refractivity contribution in [3.8, 4) is 5.75 Å². The molecule has 0 spiro atoms. The third-order valence-corrected chi connectivity index (χ3v) is 3.95. The van der Waals surface area contributed by atoms with Gasteiger partial charge in [0.15, 0.2) is 0 Å². The molecular formula is C16H17BrFNO. The van der Waals surface area contributed by atoms with Crippen LogP contribution >= 0.6 is 15.9 Å². The Kier molecular flexibility index (Phi) is 4.78. The summed E-state index contributed by atoms with van der Waals surface area (Å²) in [6.45, 7) is 1.76. The van der Waals surface area contributed by atoms with Crippen molar-refractivity contribution in [2.24, 2.45) is 0 Å². The van der Waals surface area contributed by atoms with Crippen molar-refractivity contribution in [1.82, 2.24) is 5.32 Å². The lowest BCUT2D eigenvalue weighted by Crippen LogP contribution is -2.18. The molecule has 0 bridgehead atoms. The van der Waals surface area contributed by atoms with Crippen LogP contribution in [0.1, 0.15) is 22.7 Å². The second-order valence-electron chi connectivity index (χ2n) is 4.62. The summed E-state index contributed by atoms with van der Waals surface area (Å²) in [6.07, 6.45) is 0. The third-order valence-electron chi connectivity index (χ3n) is 3.33. The van der Waals surface area contributed by atoms with Gasteiger partial charge < -0.3 is 10.1 Å². The summed E-state index contributed by atoms with van der Waals surface area (Å²) in [7, 11) is 3.49. The average Bonchev–Trinajstić information content (AvgIpc) is 2.44. The number of ether oxygens (including phenoxy) is 1. The van der Waals surface area contributed by atoms with Gasteiger partial charge >= 0.3 is 0 Å². The lowest BCUT2D eigenvalue weighted by atomic mass is 9.97. The Balaban J connectivity index is 2.41. The molecular weight excluding hydrogens is 321 g/mol. The Hall–Kier alpha value is -1.39. The molecule has 2 rings (SSSR count). The van der Waals surface area contributed by atoms with Gasteiger partial charge in [0, 0.05) is 0 Å². The fraction of sp³-hybridized carbons (Fsp3) is 0.250. The summed E-state index contributed by atoms with van der Waals surface area (Å²) in [5.41, 5.74) is 2.59. The van der Waals surface area contributed by atoms with Crippen LogP contribution in [0.2, 0.25) is 0 Å². The predicted molar refractivity (Wildman–Crippen MR) is 82.7 cm³/mol. The number of hydrogen-bond acceptors (Lipinski definition) is 2. The fourth-order valence-electron chi connectivity index (χ4n) is 2.18. The van der Waals surface area contributed by atoms with E-state index in [1.165, 1.54) is 0 Å². The first-order valence-electron chi connectivity index (χ1n) is 6.33. The maximum Gasteiger partial charge on any atom is 0.133 e. The molecule has 106 valence electrons. The number of halogens is 2. The highest BCUT2D eigenvalue weighted by molar-refractivity contribution is 9.10. The zero-order valence-electron chi connectivity index (χ0n) is 11.7. The third kappa shape index (κ3) is 3.02. The standard InChI is InChI=1S/C16H17BrFNO/c1-10-4-5-12(9-14(10)18)16(19-2)11-6-7-15(20-3)13(17)8-11/h4-9,16,19H,1-3H3. The molecule has 0 fully saturated rings. The highest BCUT2D eigenvalue weighted by atomic mass is 79.9. The van der Waals surface area contributed by atoms with Crippen LogP contribution in [0.25, 0.3) is 0 Å². The quantitative estimate of drug-likeness (QED) is 0.902. The van der Waals surface area contributed by atoms with E-state index >= 15 is 0 Å². The zero-order chi connectivity index (χ0) is 14.7. The van der Waals surface area contributed by atoms with Crippen molar-refractivity contribution >= 4 is 15.9 Å². The van der Waals surface area contributed by atoms with Crippen LogP contribution in [-0.4, -0.2) is 14.2 Å². The van der Waals surface area contributed by atoms with Crippen LogP contribution in [-0.2, 0) is 0 Å². The van der Waals surface area contributed by atoms with Crippen LogP contribution in [0.4, 0.5) is 4.39 Å². The summed E-state index contributed by atoms with van der Waals surface area (Å²) in [4.78, 5) is 0. The maximum absolute atomic E-state index is 13.7. The molecule has 0 aliphatic carbocycles. The SMILES string of the molecule is CNC(c1ccc(C)c(F)c1)c1ccc(OC)c(Br)c1. The maximum atomic E-state index is 13.7. The number of rotatable bonds is 4. The molecule has 2 aromatic rings. The molecule has 1 unspecified atom stereocenters. The van der Waals surface area contributed by atoms with Gasteiger partial charge in [-0.2, -0.15) is 0 Å². The lowest BCUT2D eigenvalue weighted by Gasteiger charge is -2.18. The van der Waals surface area contributed by atoms with Crippen molar-refractivity contribution in [2.75, 3.05) is 14.2 Å². The van der Waals surface area contributed by atoms with Crippen molar-refractivity contribution in [1.29, 1.82) is 0 Å². The second kappa shape index (κ2) is 6.37. The molecule has 0 aliphatic rings. The van der Waals surface area contributed by atoms with Gasteiger partial charge in [-0.3, -0.25) is 0 Å². The van der Waals surface area contributed by atoms with Gasteiger partial charge in [0.1, 0.15) is 11.6 Å². The van der Waals surface area contributed by atoms with Crippen molar-refractivity contribution < 1.29 is 9.13 Å². The molecule has 0 aromatic heterocycles. The number of hydrogen-bond donors (Lipinski definition) is 1. The number of benzene rings is 2. The summed E-state index contributed by atoms with van der Waals surface area (Å²) in [5, 5.41) is 3.22. The van der Waals surface area contributed by atoms with Crippen LogP contribution in [0.3, 0.4) is 0 Å². The number of aryl methyl sites for hydroxylation is 1. The van der Waals surface area contributed by atoms with Gasteiger partial charge in [0.2, 0.25) is 0 Å². The minimum atomic E-state index is -0.185. The smallest absolute Gasteiger partial charge is 0.133 e. The molecule has 0 amide bonds. The van der Waals surface area contributed by atoms with E-state index in [2.05, 4.69) is 21.2 Å². The molecule has 0 saturated carbocycles. The van der Waals surface area contributed by atoms with E-state index in [9.17, 15) is 4.39 Å². The van der Waals surface area contributed by atoms with Gasteiger partial charge in [-0.25, -0.2) is 4.39 Å². The Morgan fingerprint density at radius 2 is 1.80 bits per heavy atom. The summed E-state index contributed by atoms with van der Waals surface area (Å²) < 4.78 is 19.8. The van der Waals surface area contributed by atoms with Crippen LogP contribution in [0, 0.1) is 12.7 Å². The molecule has 1 atom stereocenters. The summed E-state index contributed by atoms with van der Waals surface area (Å²) in [6, 6.07) is 11.1. The first-order chi connectivity index (χ1) is 9.56. The molecule has 0 heterocycles. The molecule has 1 N–H and O–H groups in total. The van der Waals surface area contributed by atoms with E-state index in [0.29, 0.717) is 5.56 Å². The molecule has 2 nitrogen and oxygen atoms in total. The van der Waals surface area contributed by atoms with Gasteiger partial charge in [-0.15, -0.1) is 0 Å². The summed E-state index contributed by atoms with van der Waals surface area (Å²) in [5.74, 6) is 0.592. The van der Waals surface area contributed by atoms with Crippen molar-refractivity contribution in [3.05, 3.63) is 63.4 Å². The van der Waals surface area contributed by atoms with Crippen molar-refractivity contribution in [3.63, 3.8) is 0 Å². The minimum absolute atomic E-state index is 0.0627. The second-order valence-corrected chi connectivity index (χ2v) is 5.48. The van der Waals surface area contributed by atoms with Gasteiger partial charge in [0.25, 0.3) is 0 Å². The first-order valence-corrected chi connectivity index (χ1v) is 7.13. The normalized spacial score (nSPS) is 12.2. The Labute approximate surface area is 127 Å². The van der Waals surface area contributed by atoms with Crippen LogP contribution in [0.15, 0.2) is 40.9 Å². The zero-order valence-corrected chi connectivity index (χ0v) is 13.3. The summed E-state index contributed by atoms with van der Waals surface area (Å²) >= 11 is 3.48.